The smallest absolute Gasteiger partial charge is 0.144 e. The first-order valence-corrected chi connectivity index (χ1v) is 3.47. The average Bonchev–Trinajstić information content (AvgIpc) is 1.98. The van der Waals surface area contributed by atoms with E-state index in [1.54, 1.807) is 0 Å². The normalized spacial score (nSPS) is 12.5. The third-order valence-electron chi connectivity index (χ3n) is 1.11. The number of hydrogen-bond donors (Lipinski definition) is 1. The highest BCUT2D eigenvalue weighted by Crippen LogP contribution is 1.99. The molecule has 0 saturated carbocycles. The molecule has 0 aliphatic carbocycles. The lowest BCUT2D eigenvalue weighted by atomic mass is 10.2. The van der Waals surface area contributed by atoms with Gasteiger partial charge in [-0.15, -0.1) is 0 Å². The lowest BCUT2D eigenvalue weighted by Gasteiger charge is -2.06. The topological polar surface area (TPSA) is 53.2 Å². The Morgan fingerprint density at radius 3 is 2.80 bits per heavy atom. The van der Waals surface area contributed by atoms with E-state index >= 15 is 0 Å². The van der Waals surface area contributed by atoms with Crippen LogP contribution in [0, 0.1) is 11.3 Å². The number of hydrogen-bond acceptors (Lipinski definition) is 3. The van der Waals surface area contributed by atoms with Crippen molar-refractivity contribution in [3.63, 3.8) is 0 Å². The fourth-order valence-corrected chi connectivity index (χ4v) is 0.642. The molecule has 1 unspecified atom stereocenters. The van der Waals surface area contributed by atoms with E-state index in [-0.39, 0.29) is 19.3 Å². The molecule has 0 radical (unpaired) electrons. The summed E-state index contributed by atoms with van der Waals surface area (Å²) in [4.78, 5) is 0. The SMILES string of the molecule is CCCC(C#N)OCCO. The Kier molecular flexibility index (Phi) is 6.14. The van der Waals surface area contributed by atoms with E-state index < -0.39 is 0 Å². The molecule has 58 valence electrons. The molecule has 0 heterocycles. The first kappa shape index (κ1) is 9.41. The monoisotopic (exact) mass is 143 g/mol. The lowest BCUT2D eigenvalue weighted by molar-refractivity contribution is 0.0539. The van der Waals surface area contributed by atoms with Gasteiger partial charge in [0.2, 0.25) is 0 Å². The zero-order valence-corrected chi connectivity index (χ0v) is 6.21. The van der Waals surface area contributed by atoms with Crippen LogP contribution in [0.1, 0.15) is 19.8 Å². The second-order valence-electron chi connectivity index (χ2n) is 2.00. The summed E-state index contributed by atoms with van der Waals surface area (Å²) in [7, 11) is 0. The largest absolute Gasteiger partial charge is 0.394 e. The van der Waals surface area contributed by atoms with Crippen molar-refractivity contribution in [2.75, 3.05) is 13.2 Å². The minimum Gasteiger partial charge on any atom is -0.394 e. The highest BCUT2D eigenvalue weighted by atomic mass is 16.5. The summed E-state index contributed by atoms with van der Waals surface area (Å²) in [5.74, 6) is 0. The van der Waals surface area contributed by atoms with Gasteiger partial charge < -0.3 is 9.84 Å². The number of nitrogens with zero attached hydrogens (tertiary/aromatic N) is 1. The van der Waals surface area contributed by atoms with E-state index in [1.807, 2.05) is 13.0 Å². The van der Waals surface area contributed by atoms with Crippen LogP contribution in [0.4, 0.5) is 0 Å². The van der Waals surface area contributed by atoms with Crippen molar-refractivity contribution in [3.8, 4) is 6.07 Å². The van der Waals surface area contributed by atoms with Crippen LogP contribution in [0.2, 0.25) is 0 Å². The molecule has 0 aromatic rings. The average molecular weight is 143 g/mol. The molecule has 0 bridgehead atoms. The van der Waals surface area contributed by atoms with E-state index in [4.69, 9.17) is 15.1 Å². The number of aliphatic hydroxyl groups excluding tert-OH is 1. The summed E-state index contributed by atoms with van der Waals surface area (Å²) < 4.78 is 4.97. The van der Waals surface area contributed by atoms with Crippen molar-refractivity contribution in [1.29, 1.82) is 5.26 Å². The second kappa shape index (κ2) is 6.53. The molecule has 0 aliphatic heterocycles. The molecule has 0 aliphatic rings. The minimum absolute atomic E-state index is 0.0120. The van der Waals surface area contributed by atoms with Crippen molar-refractivity contribution in [1.82, 2.24) is 0 Å². The van der Waals surface area contributed by atoms with Crippen LogP contribution in [0.15, 0.2) is 0 Å². The van der Waals surface area contributed by atoms with Gasteiger partial charge in [0, 0.05) is 0 Å². The van der Waals surface area contributed by atoms with Crippen LogP contribution >= 0.6 is 0 Å². The predicted molar refractivity (Wildman–Crippen MR) is 37.3 cm³/mol. The van der Waals surface area contributed by atoms with Gasteiger partial charge in [-0.2, -0.15) is 5.26 Å². The quantitative estimate of drug-likeness (QED) is 0.616. The van der Waals surface area contributed by atoms with Crippen LogP contribution < -0.4 is 0 Å². The molecule has 1 atom stereocenters. The van der Waals surface area contributed by atoms with E-state index in [0.29, 0.717) is 0 Å². The van der Waals surface area contributed by atoms with Gasteiger partial charge in [-0.3, -0.25) is 0 Å². The van der Waals surface area contributed by atoms with Gasteiger partial charge in [0.05, 0.1) is 19.3 Å². The van der Waals surface area contributed by atoms with E-state index in [2.05, 4.69) is 0 Å². The first-order chi connectivity index (χ1) is 4.85. The molecule has 10 heavy (non-hydrogen) atoms. The lowest BCUT2D eigenvalue weighted by Crippen LogP contribution is -2.12. The van der Waals surface area contributed by atoms with E-state index in [9.17, 15) is 0 Å². The Labute approximate surface area is 61.2 Å². The van der Waals surface area contributed by atoms with Gasteiger partial charge in [0.25, 0.3) is 0 Å². The fourth-order valence-electron chi connectivity index (χ4n) is 0.642. The molecule has 0 spiro atoms. The molecular formula is C7H13NO2. The van der Waals surface area contributed by atoms with E-state index in [1.165, 1.54) is 0 Å². The van der Waals surface area contributed by atoms with Gasteiger partial charge in [0.1, 0.15) is 6.10 Å². The molecule has 0 aromatic carbocycles. The number of rotatable bonds is 5. The number of ether oxygens (including phenoxy) is 1. The zero-order chi connectivity index (χ0) is 7.82. The standard InChI is InChI=1S/C7H13NO2/c1-2-3-7(6-8)10-5-4-9/h7,9H,2-5H2,1H3. The predicted octanol–water partition coefficient (Wildman–Crippen LogP) is 0.688. The Morgan fingerprint density at radius 2 is 2.40 bits per heavy atom. The number of aliphatic hydroxyl groups is 1. The minimum atomic E-state index is -0.336. The molecule has 1 N–H and O–H groups in total. The molecule has 0 aromatic heterocycles. The summed E-state index contributed by atoms with van der Waals surface area (Å²) in [6.07, 6.45) is 1.34. The maximum Gasteiger partial charge on any atom is 0.144 e. The van der Waals surface area contributed by atoms with Gasteiger partial charge in [0.15, 0.2) is 0 Å². The molecule has 0 fully saturated rings. The number of nitriles is 1. The summed E-state index contributed by atoms with van der Waals surface area (Å²) in [6.45, 7) is 2.24. The summed E-state index contributed by atoms with van der Waals surface area (Å²) >= 11 is 0. The fraction of sp³-hybridized carbons (Fsp3) is 0.857. The van der Waals surface area contributed by atoms with Crippen molar-refractivity contribution < 1.29 is 9.84 Å². The molecule has 3 nitrogen and oxygen atoms in total. The maximum absolute atomic E-state index is 8.43. The van der Waals surface area contributed by atoms with Crippen LogP contribution in [-0.4, -0.2) is 24.4 Å². The molecular weight excluding hydrogens is 130 g/mol. The Bertz CT molecular complexity index is 109. The Morgan fingerprint density at radius 1 is 1.70 bits per heavy atom. The Hall–Kier alpha value is -0.590. The zero-order valence-electron chi connectivity index (χ0n) is 6.21. The van der Waals surface area contributed by atoms with Crippen molar-refractivity contribution in [2.24, 2.45) is 0 Å². The first-order valence-electron chi connectivity index (χ1n) is 3.47. The van der Waals surface area contributed by atoms with Crippen LogP contribution in [0.3, 0.4) is 0 Å². The van der Waals surface area contributed by atoms with Crippen LogP contribution in [-0.2, 0) is 4.74 Å². The summed E-state index contributed by atoms with van der Waals surface area (Å²) in [6, 6.07) is 2.00. The van der Waals surface area contributed by atoms with Gasteiger partial charge in [-0.1, -0.05) is 13.3 Å². The summed E-state index contributed by atoms with van der Waals surface area (Å²) in [5.41, 5.74) is 0. The maximum atomic E-state index is 8.43. The Balaban J connectivity index is 3.33. The van der Waals surface area contributed by atoms with Gasteiger partial charge in [-0.25, -0.2) is 0 Å². The molecule has 0 saturated heterocycles. The van der Waals surface area contributed by atoms with Crippen molar-refractivity contribution >= 4 is 0 Å². The molecule has 0 rings (SSSR count). The van der Waals surface area contributed by atoms with Crippen LogP contribution in [0.5, 0.6) is 0 Å². The van der Waals surface area contributed by atoms with Crippen molar-refractivity contribution in [2.45, 2.75) is 25.9 Å². The van der Waals surface area contributed by atoms with Crippen LogP contribution in [0.25, 0.3) is 0 Å². The van der Waals surface area contributed by atoms with Gasteiger partial charge >= 0.3 is 0 Å². The summed E-state index contributed by atoms with van der Waals surface area (Å²) in [5, 5.41) is 16.8. The third kappa shape index (κ3) is 4.30. The third-order valence-corrected chi connectivity index (χ3v) is 1.11. The van der Waals surface area contributed by atoms with E-state index in [0.717, 1.165) is 12.8 Å². The molecule has 3 heteroatoms. The molecule has 0 amide bonds. The highest BCUT2D eigenvalue weighted by molar-refractivity contribution is 4.83. The van der Waals surface area contributed by atoms with Crippen molar-refractivity contribution in [3.05, 3.63) is 0 Å². The highest BCUT2D eigenvalue weighted by Gasteiger charge is 2.03. The second-order valence-corrected chi connectivity index (χ2v) is 2.00. The van der Waals surface area contributed by atoms with Gasteiger partial charge in [-0.05, 0) is 6.42 Å².